The van der Waals surface area contributed by atoms with Gasteiger partial charge in [-0.3, -0.25) is 9.59 Å². The molecule has 0 N–H and O–H groups in total. The number of allylic oxidation sites excluding steroid dienone is 1. The first kappa shape index (κ1) is 14.1. The van der Waals surface area contributed by atoms with E-state index in [4.69, 9.17) is 0 Å². The molecule has 0 aliphatic heterocycles. The topological polar surface area (TPSA) is 34.1 Å². The van der Waals surface area contributed by atoms with Gasteiger partial charge in [0.05, 0.1) is 0 Å². The number of rotatable bonds is 7. The average Bonchev–Trinajstić information content (AvgIpc) is 2.36. The molecule has 2 unspecified atom stereocenters. The standard InChI is InChI=1S/C15H24O2/c1-3-5-11-15(17)13-10-7-6-9-12(13)14(16)8-4-2/h4,12-13H,2-3,5-11H2,1H3. The highest BCUT2D eigenvalue weighted by molar-refractivity contribution is 5.90. The summed E-state index contributed by atoms with van der Waals surface area (Å²) in [7, 11) is 0. The third kappa shape index (κ3) is 4.10. The van der Waals surface area contributed by atoms with Crippen LogP contribution in [0.25, 0.3) is 0 Å². The molecule has 2 heteroatoms. The van der Waals surface area contributed by atoms with Crippen molar-refractivity contribution in [1.29, 1.82) is 0 Å². The Hall–Kier alpha value is -0.920. The Morgan fingerprint density at radius 2 is 1.76 bits per heavy atom. The van der Waals surface area contributed by atoms with Crippen molar-refractivity contribution >= 4 is 11.6 Å². The number of unbranched alkanes of at least 4 members (excludes halogenated alkanes) is 1. The second kappa shape index (κ2) is 7.41. The van der Waals surface area contributed by atoms with Crippen LogP contribution in [0.15, 0.2) is 12.7 Å². The summed E-state index contributed by atoms with van der Waals surface area (Å²) in [5.74, 6) is 0.511. The van der Waals surface area contributed by atoms with Crippen LogP contribution in [-0.4, -0.2) is 11.6 Å². The maximum absolute atomic E-state index is 12.1. The number of carbonyl (C=O) groups excluding carboxylic acids is 2. The largest absolute Gasteiger partial charge is 0.299 e. The van der Waals surface area contributed by atoms with Crippen LogP contribution in [0, 0.1) is 11.8 Å². The van der Waals surface area contributed by atoms with Crippen molar-refractivity contribution < 1.29 is 9.59 Å². The molecule has 0 amide bonds. The maximum atomic E-state index is 12.1. The number of Topliss-reactive ketones (excluding diaryl/α,β-unsaturated/α-hetero) is 2. The van der Waals surface area contributed by atoms with Crippen LogP contribution in [0.3, 0.4) is 0 Å². The van der Waals surface area contributed by atoms with E-state index >= 15 is 0 Å². The molecule has 0 bridgehead atoms. The molecule has 0 aromatic heterocycles. The van der Waals surface area contributed by atoms with Gasteiger partial charge >= 0.3 is 0 Å². The first-order chi connectivity index (χ1) is 8.20. The fraction of sp³-hybridized carbons (Fsp3) is 0.733. The molecule has 2 nitrogen and oxygen atoms in total. The number of carbonyl (C=O) groups is 2. The van der Waals surface area contributed by atoms with Crippen molar-refractivity contribution in [3.05, 3.63) is 12.7 Å². The molecule has 96 valence electrons. The Morgan fingerprint density at radius 1 is 1.18 bits per heavy atom. The summed E-state index contributed by atoms with van der Waals surface area (Å²) in [6, 6.07) is 0. The Labute approximate surface area is 104 Å². The molecule has 0 aromatic rings. The minimum Gasteiger partial charge on any atom is -0.299 e. The molecule has 1 rings (SSSR count). The van der Waals surface area contributed by atoms with Crippen LogP contribution in [0.5, 0.6) is 0 Å². The third-order valence-electron chi connectivity index (χ3n) is 3.72. The number of hydrogen-bond donors (Lipinski definition) is 0. The Kier molecular flexibility index (Phi) is 6.17. The Bertz CT molecular complexity index is 281. The van der Waals surface area contributed by atoms with Crippen LogP contribution in [0.2, 0.25) is 0 Å². The van der Waals surface area contributed by atoms with E-state index in [1.807, 2.05) is 0 Å². The van der Waals surface area contributed by atoms with Gasteiger partial charge < -0.3 is 0 Å². The second-order valence-electron chi connectivity index (χ2n) is 5.03. The first-order valence-corrected chi connectivity index (χ1v) is 6.87. The fourth-order valence-electron chi connectivity index (χ4n) is 2.73. The minimum absolute atomic E-state index is 0.00255. The lowest BCUT2D eigenvalue weighted by atomic mass is 9.73. The molecular weight excluding hydrogens is 212 g/mol. The normalized spacial score (nSPS) is 24.3. The smallest absolute Gasteiger partial charge is 0.140 e. The van der Waals surface area contributed by atoms with Gasteiger partial charge in [-0.15, -0.1) is 6.58 Å². The van der Waals surface area contributed by atoms with Gasteiger partial charge in [-0.1, -0.05) is 32.3 Å². The van der Waals surface area contributed by atoms with Crippen molar-refractivity contribution in [2.45, 2.75) is 58.3 Å². The molecule has 0 saturated heterocycles. The summed E-state index contributed by atoms with van der Waals surface area (Å²) in [6.07, 6.45) is 8.73. The molecule has 0 spiro atoms. The lowest BCUT2D eigenvalue weighted by Crippen LogP contribution is -2.32. The van der Waals surface area contributed by atoms with E-state index in [0.29, 0.717) is 18.6 Å². The zero-order valence-electron chi connectivity index (χ0n) is 10.9. The van der Waals surface area contributed by atoms with Crippen LogP contribution in [0.4, 0.5) is 0 Å². The summed E-state index contributed by atoms with van der Waals surface area (Å²) in [5.41, 5.74) is 0. The van der Waals surface area contributed by atoms with Gasteiger partial charge in [0.2, 0.25) is 0 Å². The number of hydrogen-bond acceptors (Lipinski definition) is 2. The predicted octanol–water partition coefficient (Wildman–Crippen LogP) is 3.70. The molecule has 0 radical (unpaired) electrons. The molecule has 0 aromatic carbocycles. The fourth-order valence-corrected chi connectivity index (χ4v) is 2.73. The summed E-state index contributed by atoms with van der Waals surface area (Å²) in [4.78, 5) is 24.1. The van der Waals surface area contributed by atoms with Crippen molar-refractivity contribution in [2.24, 2.45) is 11.8 Å². The van der Waals surface area contributed by atoms with E-state index in [9.17, 15) is 9.59 Å². The summed E-state index contributed by atoms with van der Waals surface area (Å²) in [6.45, 7) is 5.70. The summed E-state index contributed by atoms with van der Waals surface area (Å²) >= 11 is 0. The van der Waals surface area contributed by atoms with E-state index in [2.05, 4.69) is 13.5 Å². The third-order valence-corrected chi connectivity index (χ3v) is 3.72. The van der Waals surface area contributed by atoms with Gasteiger partial charge in [0, 0.05) is 24.7 Å². The summed E-state index contributed by atoms with van der Waals surface area (Å²) < 4.78 is 0. The van der Waals surface area contributed by atoms with E-state index < -0.39 is 0 Å². The molecule has 17 heavy (non-hydrogen) atoms. The second-order valence-corrected chi connectivity index (χ2v) is 5.03. The monoisotopic (exact) mass is 236 g/mol. The Morgan fingerprint density at radius 3 is 2.29 bits per heavy atom. The van der Waals surface area contributed by atoms with Gasteiger partial charge in [0.1, 0.15) is 11.6 Å². The first-order valence-electron chi connectivity index (χ1n) is 6.87. The molecule has 2 atom stereocenters. The SMILES string of the molecule is C=CCC(=O)C1CCCCC1C(=O)CCCC. The zero-order chi connectivity index (χ0) is 12.7. The molecular formula is C15H24O2. The highest BCUT2D eigenvalue weighted by atomic mass is 16.1. The predicted molar refractivity (Wildman–Crippen MR) is 69.8 cm³/mol. The van der Waals surface area contributed by atoms with Crippen molar-refractivity contribution in [2.75, 3.05) is 0 Å². The Balaban J connectivity index is 2.61. The molecule has 1 aliphatic carbocycles. The molecule has 1 saturated carbocycles. The van der Waals surface area contributed by atoms with E-state index in [-0.39, 0.29) is 17.6 Å². The average molecular weight is 236 g/mol. The van der Waals surface area contributed by atoms with E-state index in [0.717, 1.165) is 38.5 Å². The lowest BCUT2D eigenvalue weighted by Gasteiger charge is -2.29. The van der Waals surface area contributed by atoms with Crippen molar-refractivity contribution in [3.63, 3.8) is 0 Å². The van der Waals surface area contributed by atoms with E-state index in [1.165, 1.54) is 0 Å². The quantitative estimate of drug-likeness (QED) is 0.632. The van der Waals surface area contributed by atoms with Crippen LogP contribution < -0.4 is 0 Å². The molecule has 1 fully saturated rings. The maximum Gasteiger partial charge on any atom is 0.140 e. The van der Waals surface area contributed by atoms with Crippen LogP contribution in [0.1, 0.15) is 58.3 Å². The molecule has 0 heterocycles. The van der Waals surface area contributed by atoms with Crippen molar-refractivity contribution in [3.8, 4) is 0 Å². The highest BCUT2D eigenvalue weighted by Crippen LogP contribution is 2.33. The van der Waals surface area contributed by atoms with Gasteiger partial charge in [0.15, 0.2) is 0 Å². The van der Waals surface area contributed by atoms with E-state index in [1.54, 1.807) is 6.08 Å². The van der Waals surface area contributed by atoms with Crippen LogP contribution >= 0.6 is 0 Å². The zero-order valence-corrected chi connectivity index (χ0v) is 10.9. The van der Waals surface area contributed by atoms with Crippen molar-refractivity contribution in [1.82, 2.24) is 0 Å². The summed E-state index contributed by atoms with van der Waals surface area (Å²) in [5, 5.41) is 0. The van der Waals surface area contributed by atoms with Gasteiger partial charge in [-0.25, -0.2) is 0 Å². The number of ketones is 2. The van der Waals surface area contributed by atoms with Crippen LogP contribution in [-0.2, 0) is 9.59 Å². The van der Waals surface area contributed by atoms with Gasteiger partial charge in [0.25, 0.3) is 0 Å². The van der Waals surface area contributed by atoms with Gasteiger partial charge in [-0.05, 0) is 19.3 Å². The highest BCUT2D eigenvalue weighted by Gasteiger charge is 2.33. The minimum atomic E-state index is -0.0221. The lowest BCUT2D eigenvalue weighted by molar-refractivity contribution is -0.133. The van der Waals surface area contributed by atoms with Gasteiger partial charge in [-0.2, -0.15) is 0 Å². The molecule has 1 aliphatic rings.